The highest BCUT2D eigenvalue weighted by Gasteiger charge is 2.26. The maximum absolute atomic E-state index is 12.4. The van der Waals surface area contributed by atoms with E-state index in [-0.39, 0.29) is 18.0 Å². The van der Waals surface area contributed by atoms with Crippen molar-refractivity contribution < 1.29 is 4.79 Å². The van der Waals surface area contributed by atoms with Crippen LogP contribution in [0.1, 0.15) is 28.9 Å². The van der Waals surface area contributed by atoms with E-state index in [0.29, 0.717) is 4.88 Å². The monoisotopic (exact) mass is 327 g/mol. The van der Waals surface area contributed by atoms with Gasteiger partial charge in [0.25, 0.3) is 5.91 Å². The molecule has 1 amide bonds. The summed E-state index contributed by atoms with van der Waals surface area (Å²) in [6.07, 6.45) is 6.52. The molecule has 0 aromatic carbocycles. The minimum Gasteiger partial charge on any atom is -0.347 e. The minimum atomic E-state index is -0.0506. The Labute approximate surface area is 137 Å². The summed E-state index contributed by atoms with van der Waals surface area (Å²) in [5.74, 6) is -0.0506. The molecule has 7 heteroatoms. The predicted octanol–water partition coefficient (Wildman–Crippen LogP) is 2.07. The van der Waals surface area contributed by atoms with Gasteiger partial charge >= 0.3 is 0 Å². The van der Waals surface area contributed by atoms with Crippen LogP contribution in [0.3, 0.4) is 0 Å². The Bertz CT molecular complexity index is 855. The summed E-state index contributed by atoms with van der Waals surface area (Å²) in [6, 6.07) is 5.80. The zero-order chi connectivity index (χ0) is 15.8. The van der Waals surface area contributed by atoms with Crippen molar-refractivity contribution in [2.24, 2.45) is 5.73 Å². The molecule has 6 nitrogen and oxygen atoms in total. The van der Waals surface area contributed by atoms with Gasteiger partial charge in [-0.05, 0) is 37.5 Å². The van der Waals surface area contributed by atoms with Crippen LogP contribution >= 0.6 is 11.3 Å². The lowest BCUT2D eigenvalue weighted by Crippen LogP contribution is -2.43. The van der Waals surface area contributed by atoms with E-state index in [1.807, 2.05) is 23.6 Å². The number of nitrogens with one attached hydrogen (secondary N) is 1. The summed E-state index contributed by atoms with van der Waals surface area (Å²) in [4.78, 5) is 17.4. The van der Waals surface area contributed by atoms with Crippen molar-refractivity contribution in [1.29, 1.82) is 0 Å². The van der Waals surface area contributed by atoms with Crippen molar-refractivity contribution in [3.8, 4) is 11.3 Å². The van der Waals surface area contributed by atoms with Crippen molar-refractivity contribution in [3.63, 3.8) is 0 Å². The van der Waals surface area contributed by atoms with Crippen LogP contribution < -0.4 is 11.1 Å². The van der Waals surface area contributed by atoms with Gasteiger partial charge in [-0.25, -0.2) is 9.50 Å². The van der Waals surface area contributed by atoms with Gasteiger partial charge in [0.1, 0.15) is 0 Å². The average molecular weight is 327 g/mol. The number of thiophene rings is 1. The molecule has 4 rings (SSSR count). The lowest BCUT2D eigenvalue weighted by molar-refractivity contribution is 0.0938. The summed E-state index contributed by atoms with van der Waals surface area (Å²) in [6.45, 7) is 0. The van der Waals surface area contributed by atoms with Gasteiger partial charge in [-0.15, -0.1) is 11.3 Å². The first-order valence-corrected chi connectivity index (χ1v) is 8.54. The van der Waals surface area contributed by atoms with E-state index in [9.17, 15) is 4.79 Å². The fraction of sp³-hybridized carbons (Fsp3) is 0.312. The normalized spacial score (nSPS) is 20.9. The van der Waals surface area contributed by atoms with Crippen LogP contribution in [0.25, 0.3) is 16.9 Å². The quantitative estimate of drug-likeness (QED) is 0.771. The molecule has 1 fully saturated rings. The number of fused-ring (bicyclic) bond motifs is 1. The number of imidazole rings is 1. The van der Waals surface area contributed by atoms with Crippen molar-refractivity contribution in [2.45, 2.75) is 31.3 Å². The minimum absolute atomic E-state index is 0.0506. The summed E-state index contributed by atoms with van der Waals surface area (Å²) in [5, 5.41) is 9.32. The number of nitrogens with two attached hydrogens (primary N) is 1. The average Bonchev–Trinajstić information content (AvgIpc) is 3.27. The third-order valence-electron chi connectivity index (χ3n) is 4.28. The van der Waals surface area contributed by atoms with Gasteiger partial charge in [-0.2, -0.15) is 5.10 Å². The molecule has 0 radical (unpaired) electrons. The van der Waals surface area contributed by atoms with Gasteiger partial charge in [0, 0.05) is 29.2 Å². The molecule has 0 aliphatic heterocycles. The van der Waals surface area contributed by atoms with Gasteiger partial charge in [-0.3, -0.25) is 4.79 Å². The van der Waals surface area contributed by atoms with Gasteiger partial charge in [0.05, 0.1) is 16.8 Å². The van der Waals surface area contributed by atoms with E-state index >= 15 is 0 Å². The van der Waals surface area contributed by atoms with Crippen LogP contribution in [0.15, 0.2) is 36.0 Å². The van der Waals surface area contributed by atoms with Crippen LogP contribution in [0.5, 0.6) is 0 Å². The second kappa shape index (κ2) is 5.75. The number of aromatic nitrogens is 3. The molecule has 3 aromatic heterocycles. The highest BCUT2D eigenvalue weighted by Crippen LogP contribution is 2.26. The SMILES string of the molecule is N[C@@H]1CCCC1NC(=O)c1cc(-c2cnc3cccnn23)cs1. The molecule has 3 N–H and O–H groups in total. The maximum atomic E-state index is 12.4. The Morgan fingerprint density at radius 1 is 1.43 bits per heavy atom. The molecule has 118 valence electrons. The topological polar surface area (TPSA) is 85.3 Å². The molecule has 0 saturated heterocycles. The first-order chi connectivity index (χ1) is 11.2. The lowest BCUT2D eigenvalue weighted by Gasteiger charge is -2.16. The molecule has 0 spiro atoms. The first kappa shape index (κ1) is 14.3. The summed E-state index contributed by atoms with van der Waals surface area (Å²) < 4.78 is 1.77. The Kier molecular flexibility index (Phi) is 3.59. The van der Waals surface area contributed by atoms with Crippen LogP contribution in [0, 0.1) is 0 Å². The van der Waals surface area contributed by atoms with E-state index < -0.39 is 0 Å². The molecule has 23 heavy (non-hydrogen) atoms. The third kappa shape index (κ3) is 2.62. The zero-order valence-electron chi connectivity index (χ0n) is 12.5. The van der Waals surface area contributed by atoms with Crippen molar-refractivity contribution in [2.75, 3.05) is 0 Å². The Balaban J connectivity index is 1.58. The standard InChI is InChI=1S/C16H17N5OS/c17-11-3-1-4-12(11)20-16(22)14-7-10(9-23-14)13-8-18-15-5-2-6-19-21(13)15/h2,5-9,11-12H,1,3-4,17H2,(H,20,22)/t11-,12?/m1/s1. The third-order valence-corrected chi connectivity index (χ3v) is 5.21. The second-order valence-electron chi connectivity index (χ2n) is 5.81. The van der Waals surface area contributed by atoms with Crippen LogP contribution in [-0.4, -0.2) is 32.6 Å². The number of nitrogens with zero attached hydrogens (tertiary/aromatic N) is 3. The van der Waals surface area contributed by atoms with Crippen LogP contribution in [-0.2, 0) is 0 Å². The Hall–Kier alpha value is -2.25. The molecule has 2 atom stereocenters. The Morgan fingerprint density at radius 3 is 3.17 bits per heavy atom. The highest BCUT2D eigenvalue weighted by molar-refractivity contribution is 7.12. The molecular weight excluding hydrogens is 310 g/mol. The highest BCUT2D eigenvalue weighted by atomic mass is 32.1. The molecule has 3 heterocycles. The van der Waals surface area contributed by atoms with Crippen LogP contribution in [0.2, 0.25) is 0 Å². The van der Waals surface area contributed by atoms with E-state index in [1.54, 1.807) is 16.9 Å². The lowest BCUT2D eigenvalue weighted by atomic mass is 10.2. The Morgan fingerprint density at radius 2 is 2.35 bits per heavy atom. The van der Waals surface area contributed by atoms with Crippen molar-refractivity contribution in [1.82, 2.24) is 19.9 Å². The van der Waals surface area contributed by atoms with E-state index in [2.05, 4.69) is 15.4 Å². The second-order valence-corrected chi connectivity index (χ2v) is 6.72. The van der Waals surface area contributed by atoms with Gasteiger partial charge < -0.3 is 11.1 Å². The zero-order valence-corrected chi connectivity index (χ0v) is 13.3. The van der Waals surface area contributed by atoms with Gasteiger partial charge in [0.2, 0.25) is 0 Å². The fourth-order valence-corrected chi connectivity index (χ4v) is 3.83. The number of amides is 1. The number of hydrogen-bond acceptors (Lipinski definition) is 5. The number of carbonyl (C=O) groups excluding carboxylic acids is 1. The van der Waals surface area contributed by atoms with Crippen LogP contribution in [0.4, 0.5) is 0 Å². The largest absolute Gasteiger partial charge is 0.347 e. The maximum Gasteiger partial charge on any atom is 0.261 e. The van der Waals surface area contributed by atoms with Gasteiger partial charge in [-0.1, -0.05) is 0 Å². The smallest absolute Gasteiger partial charge is 0.261 e. The van der Waals surface area contributed by atoms with Crippen molar-refractivity contribution in [3.05, 3.63) is 40.8 Å². The summed E-state index contributed by atoms with van der Waals surface area (Å²) in [5.41, 5.74) is 8.64. The van der Waals surface area contributed by atoms with Gasteiger partial charge in [0.15, 0.2) is 5.65 Å². The number of rotatable bonds is 3. The predicted molar refractivity (Wildman–Crippen MR) is 89.4 cm³/mol. The molecule has 1 unspecified atom stereocenters. The molecular formula is C16H17N5OS. The van der Waals surface area contributed by atoms with E-state index in [0.717, 1.165) is 36.2 Å². The molecule has 3 aromatic rings. The number of carbonyl (C=O) groups is 1. The van der Waals surface area contributed by atoms with E-state index in [1.165, 1.54) is 11.3 Å². The molecule has 1 saturated carbocycles. The molecule has 1 aliphatic rings. The fourth-order valence-electron chi connectivity index (χ4n) is 3.02. The molecule has 0 bridgehead atoms. The first-order valence-electron chi connectivity index (χ1n) is 7.66. The van der Waals surface area contributed by atoms with E-state index in [4.69, 9.17) is 5.73 Å². The molecule has 1 aliphatic carbocycles. The summed E-state index contributed by atoms with van der Waals surface area (Å²) in [7, 11) is 0. The number of hydrogen-bond donors (Lipinski definition) is 2. The summed E-state index contributed by atoms with van der Waals surface area (Å²) >= 11 is 1.43. The van der Waals surface area contributed by atoms with Crippen molar-refractivity contribution >= 4 is 22.9 Å².